The average Bonchev–Trinajstić information content (AvgIpc) is 2.39. The lowest BCUT2D eigenvalue weighted by Gasteiger charge is -2.12. The summed E-state index contributed by atoms with van der Waals surface area (Å²) in [6, 6.07) is 5.38. The molecule has 1 amide bonds. The highest BCUT2D eigenvalue weighted by Gasteiger charge is 2.28. The Morgan fingerprint density at radius 2 is 1.95 bits per heavy atom. The van der Waals surface area contributed by atoms with E-state index in [9.17, 15) is 22.0 Å². The summed E-state index contributed by atoms with van der Waals surface area (Å²) in [5.74, 6) is -3.68. The number of hydrogen-bond acceptors (Lipinski definition) is 4. The zero-order valence-corrected chi connectivity index (χ0v) is 11.7. The topological polar surface area (TPSA) is 75.3 Å². The Hall–Kier alpha value is -1.70. The Morgan fingerprint density at radius 3 is 2.55 bits per heavy atom. The van der Waals surface area contributed by atoms with Crippen LogP contribution < -0.4 is 10.6 Å². The van der Waals surface area contributed by atoms with Crippen molar-refractivity contribution >= 4 is 21.4 Å². The molecule has 0 bridgehead atoms. The number of carbonyl (C=O) groups is 1. The van der Waals surface area contributed by atoms with Gasteiger partial charge in [0.05, 0.1) is 10.6 Å². The summed E-state index contributed by atoms with van der Waals surface area (Å²) in [5, 5.41) is 5.27. The second-order valence-corrected chi connectivity index (χ2v) is 5.82. The van der Waals surface area contributed by atoms with E-state index in [1.54, 1.807) is 6.92 Å². The maximum atomic E-state index is 12.5. The van der Waals surface area contributed by atoms with Crippen molar-refractivity contribution in [3.05, 3.63) is 24.3 Å². The molecule has 0 aliphatic heterocycles. The first-order chi connectivity index (χ1) is 9.39. The summed E-state index contributed by atoms with van der Waals surface area (Å²) in [5.41, 5.74) is 0.0668. The van der Waals surface area contributed by atoms with Gasteiger partial charge < -0.3 is 10.6 Å². The van der Waals surface area contributed by atoms with E-state index in [0.717, 1.165) is 6.07 Å². The molecule has 8 heteroatoms. The molecular weight excluding hydrogens is 290 g/mol. The highest BCUT2D eigenvalue weighted by molar-refractivity contribution is 7.91. The highest BCUT2D eigenvalue weighted by atomic mass is 32.2. The van der Waals surface area contributed by atoms with Gasteiger partial charge in [-0.25, -0.2) is 8.42 Å². The molecule has 0 fully saturated rings. The number of para-hydroxylation sites is 1. The number of carbonyl (C=O) groups excluding carboxylic acids is 1. The molecule has 0 aliphatic carbocycles. The fourth-order valence-corrected chi connectivity index (χ4v) is 2.46. The van der Waals surface area contributed by atoms with Gasteiger partial charge in [0, 0.05) is 19.5 Å². The van der Waals surface area contributed by atoms with Crippen molar-refractivity contribution in [1.82, 2.24) is 5.32 Å². The van der Waals surface area contributed by atoms with E-state index in [1.807, 2.05) is 0 Å². The van der Waals surface area contributed by atoms with E-state index in [2.05, 4.69) is 10.6 Å². The number of benzene rings is 1. The lowest BCUT2D eigenvalue weighted by Crippen LogP contribution is -2.25. The largest absolute Gasteiger partial charge is 0.383 e. The molecule has 0 unspecified atom stereocenters. The van der Waals surface area contributed by atoms with E-state index >= 15 is 0 Å². The minimum absolute atomic E-state index is 0.0668. The fourth-order valence-electron chi connectivity index (χ4n) is 1.55. The van der Waals surface area contributed by atoms with Crippen LogP contribution in [-0.4, -0.2) is 33.2 Å². The minimum atomic E-state index is -4.66. The Morgan fingerprint density at radius 1 is 1.30 bits per heavy atom. The van der Waals surface area contributed by atoms with E-state index in [0.29, 0.717) is 6.54 Å². The van der Waals surface area contributed by atoms with Crippen molar-refractivity contribution in [3.8, 4) is 0 Å². The highest BCUT2D eigenvalue weighted by Crippen LogP contribution is 2.25. The quantitative estimate of drug-likeness (QED) is 0.803. The molecule has 0 aliphatic rings. The van der Waals surface area contributed by atoms with E-state index < -0.39 is 20.5 Å². The fraction of sp³-hybridized carbons (Fsp3) is 0.417. The van der Waals surface area contributed by atoms with Crippen molar-refractivity contribution in [1.29, 1.82) is 0 Å². The van der Waals surface area contributed by atoms with E-state index in [4.69, 9.17) is 0 Å². The van der Waals surface area contributed by atoms with Gasteiger partial charge in [-0.3, -0.25) is 4.79 Å². The van der Waals surface area contributed by atoms with Crippen LogP contribution >= 0.6 is 0 Å². The van der Waals surface area contributed by atoms with Crippen molar-refractivity contribution < 1.29 is 22.0 Å². The molecule has 2 N–H and O–H groups in total. The standard InChI is InChI=1S/C12H16F2N2O3S/c1-2-15-11(17)7-8-16-9-5-3-4-6-10(9)20(18,19)12(13)14/h3-6,12,16H,2,7-8H2,1H3,(H,15,17). The zero-order valence-electron chi connectivity index (χ0n) is 10.9. The second-order valence-electron chi connectivity index (χ2n) is 3.93. The van der Waals surface area contributed by atoms with Crippen LogP contribution in [0, 0.1) is 0 Å². The summed E-state index contributed by atoms with van der Waals surface area (Å²) in [6.45, 7) is 2.42. The van der Waals surface area contributed by atoms with Gasteiger partial charge in [-0.2, -0.15) is 8.78 Å². The molecule has 1 aromatic carbocycles. The van der Waals surface area contributed by atoms with Gasteiger partial charge >= 0.3 is 5.76 Å². The third kappa shape index (κ3) is 4.16. The van der Waals surface area contributed by atoms with E-state index in [-0.39, 0.29) is 24.6 Å². The number of halogens is 2. The van der Waals surface area contributed by atoms with Gasteiger partial charge in [-0.15, -0.1) is 0 Å². The number of amides is 1. The molecule has 0 saturated heterocycles. The molecule has 0 aromatic heterocycles. The van der Waals surface area contributed by atoms with Gasteiger partial charge in [0.2, 0.25) is 15.7 Å². The van der Waals surface area contributed by atoms with Crippen molar-refractivity contribution in [3.63, 3.8) is 0 Å². The van der Waals surface area contributed by atoms with E-state index in [1.165, 1.54) is 18.2 Å². The van der Waals surface area contributed by atoms with Crippen LogP contribution in [0.3, 0.4) is 0 Å². The maximum absolute atomic E-state index is 12.5. The summed E-state index contributed by atoms with van der Waals surface area (Å²) in [6.07, 6.45) is 0.122. The molecule has 0 saturated carbocycles. The first-order valence-electron chi connectivity index (χ1n) is 6.01. The Labute approximate surface area is 116 Å². The smallest absolute Gasteiger partial charge is 0.341 e. The lowest BCUT2D eigenvalue weighted by atomic mass is 10.3. The number of hydrogen-bond donors (Lipinski definition) is 2. The summed E-state index contributed by atoms with van der Waals surface area (Å²) in [7, 11) is -4.66. The average molecular weight is 306 g/mol. The normalized spacial score (nSPS) is 11.4. The molecule has 0 atom stereocenters. The van der Waals surface area contributed by atoms with Crippen LogP contribution in [0.2, 0.25) is 0 Å². The van der Waals surface area contributed by atoms with Crippen LogP contribution in [0.1, 0.15) is 13.3 Å². The molecule has 112 valence electrons. The molecular formula is C12H16F2N2O3S. The van der Waals surface area contributed by atoms with Crippen LogP contribution in [-0.2, 0) is 14.6 Å². The maximum Gasteiger partial charge on any atom is 0.341 e. The molecule has 0 heterocycles. The predicted molar refractivity (Wildman–Crippen MR) is 71.4 cm³/mol. The van der Waals surface area contributed by atoms with Gasteiger partial charge in [0.1, 0.15) is 0 Å². The molecule has 0 radical (unpaired) electrons. The third-order valence-corrected chi connectivity index (χ3v) is 3.91. The molecule has 20 heavy (non-hydrogen) atoms. The Balaban J connectivity index is 2.80. The third-order valence-electron chi connectivity index (χ3n) is 2.47. The molecule has 1 aromatic rings. The van der Waals surface area contributed by atoms with Crippen molar-refractivity contribution in [2.24, 2.45) is 0 Å². The van der Waals surface area contributed by atoms with Gasteiger partial charge in [-0.1, -0.05) is 12.1 Å². The second kappa shape index (κ2) is 7.18. The lowest BCUT2D eigenvalue weighted by molar-refractivity contribution is -0.120. The Bertz CT molecular complexity index is 562. The first kappa shape index (κ1) is 16.4. The van der Waals surface area contributed by atoms with Gasteiger partial charge in [0.15, 0.2) is 0 Å². The number of anilines is 1. The summed E-state index contributed by atoms with van der Waals surface area (Å²) >= 11 is 0. The molecule has 0 spiro atoms. The number of sulfone groups is 1. The minimum Gasteiger partial charge on any atom is -0.383 e. The number of nitrogens with one attached hydrogen (secondary N) is 2. The number of rotatable bonds is 7. The monoisotopic (exact) mass is 306 g/mol. The van der Waals surface area contributed by atoms with Crippen molar-refractivity contribution in [2.45, 2.75) is 24.0 Å². The first-order valence-corrected chi connectivity index (χ1v) is 7.56. The number of alkyl halides is 2. The SMILES string of the molecule is CCNC(=O)CCNc1ccccc1S(=O)(=O)C(F)F. The molecule has 5 nitrogen and oxygen atoms in total. The summed E-state index contributed by atoms with van der Waals surface area (Å²) in [4.78, 5) is 10.8. The van der Waals surface area contributed by atoms with Gasteiger partial charge in [-0.05, 0) is 19.1 Å². The van der Waals surface area contributed by atoms with Crippen LogP contribution in [0.15, 0.2) is 29.2 Å². The van der Waals surface area contributed by atoms with Crippen LogP contribution in [0.5, 0.6) is 0 Å². The van der Waals surface area contributed by atoms with Crippen LogP contribution in [0.25, 0.3) is 0 Å². The molecule has 1 rings (SSSR count). The zero-order chi connectivity index (χ0) is 15.2. The van der Waals surface area contributed by atoms with Gasteiger partial charge in [0.25, 0.3) is 0 Å². The predicted octanol–water partition coefficient (Wildman–Crippen LogP) is 1.62. The Kier molecular flexibility index (Phi) is 5.87. The van der Waals surface area contributed by atoms with Crippen molar-refractivity contribution in [2.75, 3.05) is 18.4 Å². The summed E-state index contributed by atoms with van der Waals surface area (Å²) < 4.78 is 48.1. The van der Waals surface area contributed by atoms with Crippen LogP contribution in [0.4, 0.5) is 14.5 Å².